The molecule has 3 aromatic heterocycles. The molecule has 1 saturated heterocycles. The number of anilines is 2. The lowest BCUT2D eigenvalue weighted by molar-refractivity contribution is -0.115. The van der Waals surface area contributed by atoms with Gasteiger partial charge < -0.3 is 16.0 Å². The van der Waals surface area contributed by atoms with Crippen LogP contribution in [0.5, 0.6) is 0 Å². The van der Waals surface area contributed by atoms with E-state index in [4.69, 9.17) is 4.98 Å². The molecule has 1 aromatic carbocycles. The van der Waals surface area contributed by atoms with Gasteiger partial charge in [-0.25, -0.2) is 14.5 Å². The molecule has 11 heteroatoms. The molecule has 0 spiro atoms. The smallest absolute Gasteiger partial charge is 0.326 e. The number of aromatic nitrogens is 5. The van der Waals surface area contributed by atoms with E-state index in [1.54, 1.807) is 23.0 Å². The summed E-state index contributed by atoms with van der Waals surface area (Å²) in [6.45, 7) is 2.07. The van der Waals surface area contributed by atoms with Crippen molar-refractivity contribution in [1.82, 2.24) is 35.0 Å². The standard InChI is InChI=1S/C24H23N9O2/c1-14(17-5-2-3-6-19(17)32-10-4-9-25-32)27-20-12-21(28-16-7-8-16)33-22(30-20)15(13-26-33)11-18-23(34)31-24(35)29-18/h2-6,9-14,16,28H,7-8H2,1H3,(H,27,30)(H2,29,31,34,35)/b18-11-. The highest BCUT2D eigenvalue weighted by Crippen LogP contribution is 2.30. The molecular formula is C24H23N9O2. The van der Waals surface area contributed by atoms with Gasteiger partial charge in [-0.15, -0.1) is 0 Å². The molecule has 2 fully saturated rings. The van der Waals surface area contributed by atoms with Crippen molar-refractivity contribution in [2.75, 3.05) is 10.6 Å². The summed E-state index contributed by atoms with van der Waals surface area (Å²) in [6.07, 6.45) is 9.08. The van der Waals surface area contributed by atoms with Crippen LogP contribution in [0.25, 0.3) is 17.4 Å². The van der Waals surface area contributed by atoms with Crippen LogP contribution in [0.4, 0.5) is 16.4 Å². The molecule has 1 aliphatic heterocycles. The van der Waals surface area contributed by atoms with Crippen LogP contribution in [0.2, 0.25) is 0 Å². The Labute approximate surface area is 200 Å². The Bertz CT molecular complexity index is 1470. The zero-order chi connectivity index (χ0) is 23.9. The average molecular weight is 470 g/mol. The van der Waals surface area contributed by atoms with Crippen LogP contribution in [-0.4, -0.2) is 42.4 Å². The van der Waals surface area contributed by atoms with E-state index in [2.05, 4.69) is 44.5 Å². The van der Waals surface area contributed by atoms with Crippen LogP contribution in [0.1, 0.15) is 36.9 Å². The van der Waals surface area contributed by atoms with Crippen LogP contribution >= 0.6 is 0 Å². The summed E-state index contributed by atoms with van der Waals surface area (Å²) in [4.78, 5) is 28.3. The largest absolute Gasteiger partial charge is 0.367 e. The Balaban J connectivity index is 1.38. The van der Waals surface area contributed by atoms with Gasteiger partial charge in [0.1, 0.15) is 17.3 Å². The van der Waals surface area contributed by atoms with Crippen molar-refractivity contribution >= 4 is 35.3 Å². The predicted octanol–water partition coefficient (Wildman–Crippen LogP) is 2.84. The summed E-state index contributed by atoms with van der Waals surface area (Å²) in [5.74, 6) is 0.976. The number of carbonyl (C=O) groups excluding carboxylic acids is 2. The van der Waals surface area contributed by atoms with Gasteiger partial charge in [0.25, 0.3) is 5.91 Å². The minimum absolute atomic E-state index is 0.0799. The average Bonchev–Trinajstić information content (AvgIpc) is 3.20. The summed E-state index contributed by atoms with van der Waals surface area (Å²) in [7, 11) is 0. The van der Waals surface area contributed by atoms with Crippen molar-refractivity contribution < 1.29 is 9.59 Å². The van der Waals surface area contributed by atoms with Crippen molar-refractivity contribution in [2.45, 2.75) is 31.8 Å². The van der Waals surface area contributed by atoms with E-state index in [9.17, 15) is 9.59 Å². The molecule has 35 heavy (non-hydrogen) atoms. The molecule has 4 aromatic rings. The second kappa shape index (κ2) is 8.28. The van der Waals surface area contributed by atoms with E-state index in [0.29, 0.717) is 23.1 Å². The van der Waals surface area contributed by atoms with Crippen LogP contribution in [0.3, 0.4) is 0 Å². The number of nitrogens with one attached hydrogen (secondary N) is 4. The van der Waals surface area contributed by atoms with Crippen LogP contribution in [0, 0.1) is 0 Å². The monoisotopic (exact) mass is 469 g/mol. The first-order chi connectivity index (χ1) is 17.0. The number of imide groups is 1. The number of carbonyl (C=O) groups is 2. The third-order valence-electron chi connectivity index (χ3n) is 5.97. The minimum Gasteiger partial charge on any atom is -0.367 e. The van der Waals surface area contributed by atoms with E-state index in [-0.39, 0.29) is 11.7 Å². The third-order valence-corrected chi connectivity index (χ3v) is 5.97. The van der Waals surface area contributed by atoms with E-state index in [1.165, 1.54) is 0 Å². The van der Waals surface area contributed by atoms with Gasteiger partial charge in [-0.1, -0.05) is 18.2 Å². The summed E-state index contributed by atoms with van der Waals surface area (Å²) in [5.41, 5.74) is 3.38. The number of para-hydroxylation sites is 1. The highest BCUT2D eigenvalue weighted by molar-refractivity contribution is 6.14. The Morgan fingerprint density at radius 1 is 1.14 bits per heavy atom. The molecule has 0 bridgehead atoms. The van der Waals surface area contributed by atoms with Gasteiger partial charge >= 0.3 is 6.03 Å². The topological polar surface area (TPSA) is 130 Å². The molecule has 4 N–H and O–H groups in total. The third kappa shape index (κ3) is 4.07. The lowest BCUT2D eigenvalue weighted by atomic mass is 10.1. The predicted molar refractivity (Wildman–Crippen MR) is 130 cm³/mol. The number of hydrogen-bond donors (Lipinski definition) is 4. The number of amides is 3. The van der Waals surface area contributed by atoms with E-state index < -0.39 is 11.9 Å². The summed E-state index contributed by atoms with van der Waals surface area (Å²) < 4.78 is 3.55. The van der Waals surface area contributed by atoms with Crippen molar-refractivity contribution in [1.29, 1.82) is 0 Å². The lowest BCUT2D eigenvalue weighted by Gasteiger charge is -2.19. The number of benzene rings is 1. The zero-order valence-corrected chi connectivity index (χ0v) is 18.9. The van der Waals surface area contributed by atoms with Crippen LogP contribution in [-0.2, 0) is 4.79 Å². The highest BCUT2D eigenvalue weighted by atomic mass is 16.2. The first-order valence-electron chi connectivity index (χ1n) is 11.4. The van der Waals surface area contributed by atoms with E-state index >= 15 is 0 Å². The fraction of sp³-hybridized carbons (Fsp3) is 0.208. The maximum atomic E-state index is 12.0. The van der Waals surface area contributed by atoms with Crippen molar-refractivity contribution in [2.24, 2.45) is 0 Å². The summed E-state index contributed by atoms with van der Waals surface area (Å²) in [5, 5.41) is 20.6. The Morgan fingerprint density at radius 2 is 2.00 bits per heavy atom. The first-order valence-corrected chi connectivity index (χ1v) is 11.4. The second-order valence-corrected chi connectivity index (χ2v) is 8.62. The molecule has 1 aliphatic carbocycles. The summed E-state index contributed by atoms with van der Waals surface area (Å²) >= 11 is 0. The summed E-state index contributed by atoms with van der Waals surface area (Å²) in [6, 6.07) is 11.7. The van der Waals surface area contributed by atoms with Crippen molar-refractivity contribution in [3.63, 3.8) is 0 Å². The number of rotatable bonds is 7. The van der Waals surface area contributed by atoms with Gasteiger partial charge in [0.15, 0.2) is 5.65 Å². The molecule has 3 amide bonds. The number of fused-ring (bicyclic) bond motifs is 1. The molecule has 11 nitrogen and oxygen atoms in total. The van der Waals surface area contributed by atoms with E-state index in [1.807, 2.05) is 41.2 Å². The molecule has 0 radical (unpaired) electrons. The molecule has 2 aliphatic rings. The van der Waals surface area contributed by atoms with Crippen LogP contribution in [0.15, 0.2) is 60.7 Å². The fourth-order valence-electron chi connectivity index (χ4n) is 4.11. The molecule has 1 saturated carbocycles. The second-order valence-electron chi connectivity index (χ2n) is 8.62. The Hall–Kier alpha value is -4.67. The Morgan fingerprint density at radius 3 is 2.74 bits per heavy atom. The van der Waals surface area contributed by atoms with Crippen molar-refractivity contribution in [3.05, 3.63) is 71.8 Å². The highest BCUT2D eigenvalue weighted by Gasteiger charge is 2.25. The maximum Gasteiger partial charge on any atom is 0.326 e. The van der Waals surface area contributed by atoms with Gasteiger partial charge in [-0.05, 0) is 43.5 Å². The molecule has 6 rings (SSSR count). The van der Waals surface area contributed by atoms with Gasteiger partial charge in [0.05, 0.1) is 17.9 Å². The quantitative estimate of drug-likeness (QED) is 0.242. The molecule has 4 heterocycles. The molecular weight excluding hydrogens is 446 g/mol. The minimum atomic E-state index is -0.547. The number of urea groups is 1. The molecule has 1 unspecified atom stereocenters. The van der Waals surface area contributed by atoms with Gasteiger partial charge in [0, 0.05) is 30.1 Å². The number of nitrogens with zero attached hydrogens (tertiary/aromatic N) is 5. The van der Waals surface area contributed by atoms with Crippen molar-refractivity contribution in [3.8, 4) is 5.69 Å². The normalized spacial score (nSPS) is 17.5. The van der Waals surface area contributed by atoms with Gasteiger partial charge in [0.2, 0.25) is 0 Å². The molecule has 176 valence electrons. The Kier molecular flexibility index (Phi) is 4.94. The van der Waals surface area contributed by atoms with Crippen LogP contribution < -0.4 is 21.3 Å². The SMILES string of the molecule is CC(Nc1cc(NC2CC2)n2ncc(/C=C3\NC(=O)NC3=O)c2n1)c1ccccc1-n1cccn1. The fourth-order valence-corrected chi connectivity index (χ4v) is 4.11. The number of hydrogen-bond acceptors (Lipinski definition) is 7. The maximum absolute atomic E-state index is 12.0. The van der Waals surface area contributed by atoms with E-state index in [0.717, 1.165) is 29.9 Å². The molecule has 1 atom stereocenters. The zero-order valence-electron chi connectivity index (χ0n) is 18.9. The van der Waals surface area contributed by atoms with Gasteiger partial charge in [-0.2, -0.15) is 14.7 Å². The lowest BCUT2D eigenvalue weighted by Crippen LogP contribution is -2.22. The van der Waals surface area contributed by atoms with Gasteiger partial charge in [-0.3, -0.25) is 10.1 Å². The first kappa shape index (κ1) is 20.9.